The van der Waals surface area contributed by atoms with Gasteiger partial charge in [0.1, 0.15) is 5.76 Å². The molecule has 4 nitrogen and oxygen atoms in total. The SMILES string of the molecule is CCc1occc1C(N)c1cc(OC)c(OC)cc1Cl. The summed E-state index contributed by atoms with van der Waals surface area (Å²) in [6.07, 6.45) is 2.42. The lowest BCUT2D eigenvalue weighted by Crippen LogP contribution is -2.13. The van der Waals surface area contributed by atoms with Gasteiger partial charge in [0.05, 0.1) is 26.5 Å². The van der Waals surface area contributed by atoms with Crippen LogP contribution in [0.3, 0.4) is 0 Å². The number of ether oxygens (including phenoxy) is 2. The van der Waals surface area contributed by atoms with E-state index in [4.69, 9.17) is 31.2 Å². The van der Waals surface area contributed by atoms with E-state index in [2.05, 4.69) is 0 Å². The van der Waals surface area contributed by atoms with Crippen LogP contribution < -0.4 is 15.2 Å². The van der Waals surface area contributed by atoms with Gasteiger partial charge in [-0.25, -0.2) is 0 Å². The molecule has 1 heterocycles. The molecule has 1 aromatic heterocycles. The lowest BCUT2D eigenvalue weighted by atomic mass is 9.98. The summed E-state index contributed by atoms with van der Waals surface area (Å²) in [6, 6.07) is 5.02. The van der Waals surface area contributed by atoms with Gasteiger partial charge in [0.15, 0.2) is 11.5 Å². The summed E-state index contributed by atoms with van der Waals surface area (Å²) in [5.74, 6) is 2.05. The Morgan fingerprint density at radius 3 is 2.45 bits per heavy atom. The highest BCUT2D eigenvalue weighted by Crippen LogP contribution is 2.37. The van der Waals surface area contributed by atoms with Crippen LogP contribution in [0.25, 0.3) is 0 Å². The Labute approximate surface area is 123 Å². The molecule has 5 heteroatoms. The van der Waals surface area contributed by atoms with Crippen LogP contribution in [0.1, 0.15) is 29.9 Å². The molecule has 108 valence electrons. The van der Waals surface area contributed by atoms with Gasteiger partial charge in [-0.1, -0.05) is 18.5 Å². The van der Waals surface area contributed by atoms with E-state index < -0.39 is 0 Å². The Balaban J connectivity index is 2.46. The second kappa shape index (κ2) is 6.20. The summed E-state index contributed by atoms with van der Waals surface area (Å²) in [5.41, 5.74) is 8.02. The first-order valence-corrected chi connectivity index (χ1v) is 6.73. The molecule has 0 fully saturated rings. The van der Waals surface area contributed by atoms with Crippen molar-refractivity contribution < 1.29 is 13.9 Å². The number of aryl methyl sites for hydroxylation is 1. The lowest BCUT2D eigenvalue weighted by molar-refractivity contribution is 0.354. The summed E-state index contributed by atoms with van der Waals surface area (Å²) >= 11 is 6.30. The smallest absolute Gasteiger partial charge is 0.162 e. The maximum Gasteiger partial charge on any atom is 0.162 e. The normalized spacial score (nSPS) is 12.2. The molecule has 0 amide bonds. The standard InChI is InChI=1S/C15H18ClNO3/c1-4-12-9(5-6-20-12)15(17)10-7-13(18-2)14(19-3)8-11(10)16/h5-8,15H,4,17H2,1-3H3. The van der Waals surface area contributed by atoms with Gasteiger partial charge in [-0.3, -0.25) is 0 Å². The molecular formula is C15H18ClNO3. The Kier molecular flexibility index (Phi) is 4.57. The first-order chi connectivity index (χ1) is 9.62. The van der Waals surface area contributed by atoms with Gasteiger partial charge in [0.2, 0.25) is 0 Å². The van der Waals surface area contributed by atoms with Gasteiger partial charge in [0.25, 0.3) is 0 Å². The molecule has 0 bridgehead atoms. The summed E-state index contributed by atoms with van der Waals surface area (Å²) in [7, 11) is 3.15. The molecule has 0 aliphatic carbocycles. The summed E-state index contributed by atoms with van der Waals surface area (Å²) < 4.78 is 15.9. The van der Waals surface area contributed by atoms with Crippen LogP contribution in [-0.2, 0) is 6.42 Å². The van der Waals surface area contributed by atoms with Crippen molar-refractivity contribution in [1.82, 2.24) is 0 Å². The van der Waals surface area contributed by atoms with Crippen LogP contribution in [0.5, 0.6) is 11.5 Å². The van der Waals surface area contributed by atoms with E-state index in [0.717, 1.165) is 23.3 Å². The van der Waals surface area contributed by atoms with Gasteiger partial charge in [-0.2, -0.15) is 0 Å². The number of hydrogen-bond acceptors (Lipinski definition) is 4. The van der Waals surface area contributed by atoms with E-state index in [0.29, 0.717) is 16.5 Å². The van der Waals surface area contributed by atoms with E-state index in [9.17, 15) is 0 Å². The summed E-state index contributed by atoms with van der Waals surface area (Å²) in [5, 5.41) is 0.540. The van der Waals surface area contributed by atoms with E-state index >= 15 is 0 Å². The van der Waals surface area contributed by atoms with Crippen LogP contribution in [0.4, 0.5) is 0 Å². The third-order valence-electron chi connectivity index (χ3n) is 3.27. The van der Waals surface area contributed by atoms with Crippen LogP contribution in [-0.4, -0.2) is 14.2 Å². The third kappa shape index (κ3) is 2.62. The molecule has 20 heavy (non-hydrogen) atoms. The lowest BCUT2D eigenvalue weighted by Gasteiger charge is -2.17. The Bertz CT molecular complexity index is 595. The molecule has 0 spiro atoms. The van der Waals surface area contributed by atoms with E-state index in [1.54, 1.807) is 32.6 Å². The maximum absolute atomic E-state index is 6.31. The van der Waals surface area contributed by atoms with E-state index in [1.807, 2.05) is 13.0 Å². The molecule has 2 aromatic rings. The van der Waals surface area contributed by atoms with Crippen molar-refractivity contribution in [3.8, 4) is 11.5 Å². The van der Waals surface area contributed by atoms with E-state index in [1.165, 1.54) is 0 Å². The van der Waals surface area contributed by atoms with Gasteiger partial charge >= 0.3 is 0 Å². The molecule has 1 atom stereocenters. The van der Waals surface area contributed by atoms with Crippen molar-refractivity contribution in [1.29, 1.82) is 0 Å². The number of benzene rings is 1. The van der Waals surface area contributed by atoms with Crippen LogP contribution >= 0.6 is 11.6 Å². The topological polar surface area (TPSA) is 57.6 Å². The highest BCUT2D eigenvalue weighted by atomic mass is 35.5. The molecule has 0 radical (unpaired) electrons. The van der Waals surface area contributed by atoms with Crippen LogP contribution in [0.2, 0.25) is 5.02 Å². The quantitative estimate of drug-likeness (QED) is 0.916. The largest absolute Gasteiger partial charge is 0.493 e. The Morgan fingerprint density at radius 1 is 1.20 bits per heavy atom. The molecule has 1 aromatic carbocycles. The summed E-state index contributed by atoms with van der Waals surface area (Å²) in [6.45, 7) is 2.02. The molecule has 1 unspecified atom stereocenters. The fourth-order valence-corrected chi connectivity index (χ4v) is 2.46. The van der Waals surface area contributed by atoms with E-state index in [-0.39, 0.29) is 6.04 Å². The number of rotatable bonds is 5. The number of halogens is 1. The monoisotopic (exact) mass is 295 g/mol. The van der Waals surface area contributed by atoms with Crippen molar-refractivity contribution in [2.24, 2.45) is 5.73 Å². The second-order valence-electron chi connectivity index (χ2n) is 4.36. The first kappa shape index (κ1) is 14.8. The highest BCUT2D eigenvalue weighted by molar-refractivity contribution is 6.31. The molecule has 0 aliphatic heterocycles. The highest BCUT2D eigenvalue weighted by Gasteiger charge is 2.20. The van der Waals surface area contributed by atoms with Crippen molar-refractivity contribution >= 4 is 11.6 Å². The Morgan fingerprint density at radius 2 is 1.85 bits per heavy atom. The fraction of sp³-hybridized carbons (Fsp3) is 0.333. The van der Waals surface area contributed by atoms with Gasteiger partial charge in [-0.15, -0.1) is 0 Å². The van der Waals surface area contributed by atoms with Gasteiger partial charge < -0.3 is 19.6 Å². The van der Waals surface area contributed by atoms with Crippen molar-refractivity contribution in [2.45, 2.75) is 19.4 Å². The van der Waals surface area contributed by atoms with Crippen LogP contribution in [0, 0.1) is 0 Å². The van der Waals surface area contributed by atoms with Crippen LogP contribution in [0.15, 0.2) is 28.9 Å². The summed E-state index contributed by atoms with van der Waals surface area (Å²) in [4.78, 5) is 0. The molecule has 2 rings (SSSR count). The third-order valence-corrected chi connectivity index (χ3v) is 3.60. The number of hydrogen-bond donors (Lipinski definition) is 1. The minimum atomic E-state index is -0.365. The Hall–Kier alpha value is -1.65. The predicted molar refractivity (Wildman–Crippen MR) is 78.7 cm³/mol. The maximum atomic E-state index is 6.31. The molecule has 0 saturated carbocycles. The number of furan rings is 1. The van der Waals surface area contributed by atoms with Gasteiger partial charge in [0, 0.05) is 23.1 Å². The minimum Gasteiger partial charge on any atom is -0.493 e. The molecular weight excluding hydrogens is 278 g/mol. The molecule has 0 saturated heterocycles. The zero-order valence-electron chi connectivity index (χ0n) is 11.8. The number of nitrogens with two attached hydrogens (primary N) is 1. The fourth-order valence-electron chi connectivity index (χ4n) is 2.19. The predicted octanol–water partition coefficient (Wildman–Crippen LogP) is 3.56. The first-order valence-electron chi connectivity index (χ1n) is 6.35. The van der Waals surface area contributed by atoms with Crippen molar-refractivity contribution in [2.75, 3.05) is 14.2 Å². The zero-order valence-corrected chi connectivity index (χ0v) is 12.5. The molecule has 0 aliphatic rings. The molecule has 2 N–H and O–H groups in total. The van der Waals surface area contributed by atoms with Gasteiger partial charge in [-0.05, 0) is 17.7 Å². The van der Waals surface area contributed by atoms with Crippen molar-refractivity contribution in [3.05, 3.63) is 46.4 Å². The minimum absolute atomic E-state index is 0.365. The van der Waals surface area contributed by atoms with Crippen molar-refractivity contribution in [3.63, 3.8) is 0 Å². The average molecular weight is 296 g/mol. The number of methoxy groups -OCH3 is 2. The second-order valence-corrected chi connectivity index (χ2v) is 4.77. The zero-order chi connectivity index (χ0) is 14.7. The average Bonchev–Trinajstić information content (AvgIpc) is 2.94.